The Kier molecular flexibility index (Phi) is 7.07. The highest BCUT2D eigenvalue weighted by molar-refractivity contribution is 5.66. The fourth-order valence-corrected chi connectivity index (χ4v) is 1.01. The van der Waals surface area contributed by atoms with Crippen LogP contribution in [0.25, 0.3) is 0 Å². The van der Waals surface area contributed by atoms with Crippen LogP contribution in [0.15, 0.2) is 12.2 Å². The maximum atomic E-state index is 10.9. The molecule has 0 aromatic rings. The van der Waals surface area contributed by atoms with Crippen LogP contribution in [0.4, 0.5) is 4.79 Å². The van der Waals surface area contributed by atoms with Gasteiger partial charge in [0.1, 0.15) is 6.10 Å². The van der Waals surface area contributed by atoms with Gasteiger partial charge in [-0.2, -0.15) is 0 Å². The van der Waals surface area contributed by atoms with Gasteiger partial charge in [-0.3, -0.25) is 0 Å². The summed E-state index contributed by atoms with van der Waals surface area (Å²) in [5.41, 5.74) is 0. The molecule has 0 saturated heterocycles. The Hall–Kier alpha value is -0.990. The average Bonchev–Trinajstić information content (AvgIpc) is 2.16. The van der Waals surface area contributed by atoms with Crippen molar-refractivity contribution < 1.29 is 9.53 Å². The van der Waals surface area contributed by atoms with Gasteiger partial charge in [-0.05, 0) is 26.2 Å². The molecular formula is C10H19NO2. The van der Waals surface area contributed by atoms with Crippen molar-refractivity contribution in [2.75, 3.05) is 7.05 Å². The number of allylic oxidation sites excluding steroid dienone is 2. The molecule has 0 bridgehead atoms. The van der Waals surface area contributed by atoms with E-state index in [9.17, 15) is 4.79 Å². The van der Waals surface area contributed by atoms with Crippen molar-refractivity contribution in [3.05, 3.63) is 12.2 Å². The minimum absolute atomic E-state index is 0.0381. The molecule has 3 nitrogen and oxygen atoms in total. The molecular weight excluding hydrogens is 166 g/mol. The maximum absolute atomic E-state index is 10.9. The second-order valence-electron chi connectivity index (χ2n) is 2.83. The van der Waals surface area contributed by atoms with Crippen molar-refractivity contribution in [2.45, 2.75) is 39.2 Å². The summed E-state index contributed by atoms with van der Waals surface area (Å²) in [7, 11) is 1.57. The molecule has 3 heteroatoms. The molecule has 1 amide bonds. The molecule has 0 radical (unpaired) electrons. The van der Waals surface area contributed by atoms with Crippen LogP contribution < -0.4 is 5.32 Å². The molecule has 0 rings (SSSR count). The van der Waals surface area contributed by atoms with E-state index >= 15 is 0 Å². The van der Waals surface area contributed by atoms with Crippen molar-refractivity contribution in [3.63, 3.8) is 0 Å². The van der Waals surface area contributed by atoms with Gasteiger partial charge in [0.25, 0.3) is 0 Å². The first-order valence-corrected chi connectivity index (χ1v) is 4.74. The molecule has 0 aromatic carbocycles. The van der Waals surface area contributed by atoms with E-state index in [0.717, 1.165) is 19.3 Å². The molecule has 0 spiro atoms. The van der Waals surface area contributed by atoms with Crippen LogP contribution in [0, 0.1) is 0 Å². The summed E-state index contributed by atoms with van der Waals surface area (Å²) in [5, 5.41) is 2.44. The van der Waals surface area contributed by atoms with Gasteiger partial charge in [-0.1, -0.05) is 19.1 Å². The molecule has 0 aliphatic heterocycles. The smallest absolute Gasteiger partial charge is 0.407 e. The van der Waals surface area contributed by atoms with E-state index in [-0.39, 0.29) is 12.2 Å². The molecule has 0 fully saturated rings. The van der Waals surface area contributed by atoms with Crippen molar-refractivity contribution >= 4 is 6.09 Å². The zero-order valence-corrected chi connectivity index (χ0v) is 8.67. The number of alkyl carbamates (subject to hydrolysis) is 1. The predicted molar refractivity (Wildman–Crippen MR) is 53.7 cm³/mol. The summed E-state index contributed by atoms with van der Waals surface area (Å²) in [6.45, 7) is 4.00. The monoisotopic (exact) mass is 185 g/mol. The third-order valence-corrected chi connectivity index (χ3v) is 1.82. The molecule has 1 atom stereocenters. The highest BCUT2D eigenvalue weighted by Gasteiger charge is 2.09. The summed E-state index contributed by atoms with van der Waals surface area (Å²) in [6, 6.07) is 0. The van der Waals surface area contributed by atoms with Crippen LogP contribution in [0.5, 0.6) is 0 Å². The van der Waals surface area contributed by atoms with Gasteiger partial charge in [0.05, 0.1) is 0 Å². The number of nitrogens with one attached hydrogen (secondary N) is 1. The minimum atomic E-state index is -0.340. The van der Waals surface area contributed by atoms with Gasteiger partial charge >= 0.3 is 6.09 Å². The van der Waals surface area contributed by atoms with Crippen molar-refractivity contribution in [2.24, 2.45) is 0 Å². The quantitative estimate of drug-likeness (QED) is 0.668. The van der Waals surface area contributed by atoms with Crippen LogP contribution >= 0.6 is 0 Å². The lowest BCUT2D eigenvalue weighted by atomic mass is 10.1. The minimum Gasteiger partial charge on any atom is -0.446 e. The van der Waals surface area contributed by atoms with Crippen LogP contribution in [0.2, 0.25) is 0 Å². The summed E-state index contributed by atoms with van der Waals surface area (Å²) in [4.78, 5) is 10.9. The van der Waals surface area contributed by atoms with E-state index in [1.54, 1.807) is 7.05 Å². The van der Waals surface area contributed by atoms with E-state index in [4.69, 9.17) is 4.74 Å². The average molecular weight is 185 g/mol. The molecule has 1 N–H and O–H groups in total. The highest BCUT2D eigenvalue weighted by Crippen LogP contribution is 2.07. The first kappa shape index (κ1) is 12.0. The number of hydrogen-bond donors (Lipinski definition) is 1. The molecule has 0 heterocycles. The number of carbonyl (C=O) groups is 1. The summed E-state index contributed by atoms with van der Waals surface area (Å²) < 4.78 is 5.11. The van der Waals surface area contributed by atoms with Gasteiger partial charge in [-0.25, -0.2) is 4.79 Å². The third kappa shape index (κ3) is 6.20. The molecule has 1 unspecified atom stereocenters. The van der Waals surface area contributed by atoms with Gasteiger partial charge in [-0.15, -0.1) is 0 Å². The second kappa shape index (κ2) is 7.65. The Morgan fingerprint density at radius 3 is 2.77 bits per heavy atom. The lowest BCUT2D eigenvalue weighted by Crippen LogP contribution is -2.25. The van der Waals surface area contributed by atoms with E-state index in [1.807, 2.05) is 19.9 Å². The number of ether oxygens (including phenoxy) is 1. The second-order valence-corrected chi connectivity index (χ2v) is 2.83. The topological polar surface area (TPSA) is 38.3 Å². The number of carbonyl (C=O) groups excluding carboxylic acids is 1. The lowest BCUT2D eigenvalue weighted by Gasteiger charge is -2.14. The molecule has 0 aliphatic rings. The summed E-state index contributed by atoms with van der Waals surface area (Å²) >= 11 is 0. The lowest BCUT2D eigenvalue weighted by molar-refractivity contribution is 0.0926. The standard InChI is InChI=1S/C10H19NO2/c1-4-6-7-8-9(5-2)13-10(12)11-3/h4,6,9H,5,7-8H2,1-3H3,(H,11,12)/b6-4+. The van der Waals surface area contributed by atoms with E-state index in [1.165, 1.54) is 0 Å². The first-order valence-electron chi connectivity index (χ1n) is 4.74. The van der Waals surface area contributed by atoms with Gasteiger partial charge in [0.15, 0.2) is 0 Å². The van der Waals surface area contributed by atoms with Gasteiger partial charge in [0.2, 0.25) is 0 Å². The fraction of sp³-hybridized carbons (Fsp3) is 0.700. The van der Waals surface area contributed by atoms with Gasteiger partial charge in [0, 0.05) is 7.05 Å². The van der Waals surface area contributed by atoms with E-state index < -0.39 is 0 Å². The van der Waals surface area contributed by atoms with E-state index in [0.29, 0.717) is 0 Å². The number of amides is 1. The zero-order chi connectivity index (χ0) is 10.1. The SMILES string of the molecule is C/C=C/CCC(CC)OC(=O)NC. The normalized spacial score (nSPS) is 12.8. The molecule has 76 valence electrons. The van der Waals surface area contributed by atoms with Crippen molar-refractivity contribution in [1.82, 2.24) is 5.32 Å². The Morgan fingerprint density at radius 1 is 1.62 bits per heavy atom. The maximum Gasteiger partial charge on any atom is 0.407 e. The Labute approximate surface area is 80.2 Å². The van der Waals surface area contributed by atoms with Crippen LogP contribution in [-0.4, -0.2) is 19.2 Å². The highest BCUT2D eigenvalue weighted by atomic mass is 16.6. The predicted octanol–water partition coefficient (Wildman–Crippen LogP) is 2.48. The van der Waals surface area contributed by atoms with Crippen LogP contribution in [0.3, 0.4) is 0 Å². The molecule has 0 aliphatic carbocycles. The zero-order valence-electron chi connectivity index (χ0n) is 8.67. The van der Waals surface area contributed by atoms with Crippen molar-refractivity contribution in [3.8, 4) is 0 Å². The fourth-order valence-electron chi connectivity index (χ4n) is 1.01. The molecule has 0 saturated carbocycles. The molecule has 13 heavy (non-hydrogen) atoms. The van der Waals surface area contributed by atoms with Gasteiger partial charge < -0.3 is 10.1 Å². The Balaban J connectivity index is 3.68. The summed E-state index contributed by atoms with van der Waals surface area (Å²) in [5.74, 6) is 0. The Morgan fingerprint density at radius 2 is 2.31 bits per heavy atom. The number of hydrogen-bond acceptors (Lipinski definition) is 2. The van der Waals surface area contributed by atoms with Crippen LogP contribution in [-0.2, 0) is 4.74 Å². The molecule has 0 aromatic heterocycles. The largest absolute Gasteiger partial charge is 0.446 e. The first-order chi connectivity index (χ1) is 6.24. The van der Waals surface area contributed by atoms with E-state index in [2.05, 4.69) is 11.4 Å². The third-order valence-electron chi connectivity index (χ3n) is 1.82. The summed E-state index contributed by atoms with van der Waals surface area (Å²) in [6.07, 6.45) is 6.51. The van der Waals surface area contributed by atoms with Crippen molar-refractivity contribution in [1.29, 1.82) is 0 Å². The number of rotatable bonds is 5. The Bertz CT molecular complexity index is 166. The van der Waals surface area contributed by atoms with Crippen LogP contribution in [0.1, 0.15) is 33.1 Å².